The third kappa shape index (κ3) is 7.65. The zero-order valence-corrected chi connectivity index (χ0v) is 45.1. The molecule has 0 radical (unpaired) electrons. The molecule has 18 rings (SSSR count). The second-order valence-corrected chi connectivity index (χ2v) is 21.3. The van der Waals surface area contributed by atoms with Gasteiger partial charge in [0, 0.05) is 22.3 Å². The molecular formula is C72H60N8+4. The monoisotopic (exact) mass is 1040 g/mol. The fourth-order valence-corrected chi connectivity index (χ4v) is 13.3. The van der Waals surface area contributed by atoms with E-state index in [1.54, 1.807) is 0 Å². The van der Waals surface area contributed by atoms with Crippen molar-refractivity contribution in [2.45, 2.75) is 46.2 Å². The van der Waals surface area contributed by atoms with Crippen molar-refractivity contribution in [2.24, 2.45) is 7.05 Å². The van der Waals surface area contributed by atoms with E-state index in [-0.39, 0.29) is 0 Å². The average Bonchev–Trinajstić information content (AvgIpc) is 4.60. The van der Waals surface area contributed by atoms with Crippen LogP contribution in [0.5, 0.6) is 0 Å². The number of benzene rings is 10. The van der Waals surface area contributed by atoms with Gasteiger partial charge in [-0.2, -0.15) is 4.57 Å². The normalized spacial score (nSPS) is 12.5. The van der Waals surface area contributed by atoms with Gasteiger partial charge in [-0.3, -0.25) is 0 Å². The first-order valence-corrected chi connectivity index (χ1v) is 28.1. The Morgan fingerprint density at radius 3 is 1.29 bits per heavy atom. The van der Waals surface area contributed by atoms with Gasteiger partial charge in [-0.25, -0.2) is 32.0 Å². The highest BCUT2D eigenvalue weighted by atomic mass is 15.2. The largest absolute Gasteiger partial charge is 0.295 e. The van der Waals surface area contributed by atoms with Crippen LogP contribution in [0.15, 0.2) is 255 Å². The van der Waals surface area contributed by atoms with Crippen molar-refractivity contribution in [2.75, 3.05) is 0 Å². The highest BCUT2D eigenvalue weighted by Crippen LogP contribution is 2.36. The number of para-hydroxylation sites is 9. The van der Waals surface area contributed by atoms with Gasteiger partial charge in [-0.05, 0) is 97.4 Å². The second kappa shape index (κ2) is 19.5. The standard InChI is InChI=1S/C21H17N2.C20H15N2.C16H15N2.C15H13N2/c1-2-8-16(9-3-1)14-22-19-12-6-7-13-20(19)23-15-17-10-4-5-11-18(17)21(22)23;1-2-9-16(10-3-1)22-19-13-7-6-12-18(19)21-14-15-8-4-5-11-17(15)20(21)22;1-2-17-14-9-5-6-10-15(14)18-11-12-7-3-4-8-13(12)16(17)18;1-16-13-8-4-5-9-14(13)17-10-11-6-2-3-7-12(11)15(16)17/h1-13H,14-15H2;1-13H,14H2;3-10H,2,11H2,1H3;2-9H,10H2,1H3/q4*+1. The van der Waals surface area contributed by atoms with Crippen LogP contribution in [0.3, 0.4) is 0 Å². The molecule has 0 atom stereocenters. The van der Waals surface area contributed by atoms with Crippen LogP contribution in [0.4, 0.5) is 0 Å². The minimum absolute atomic E-state index is 0.901. The first-order chi connectivity index (χ1) is 39.6. The predicted octanol–water partition coefficient (Wildman–Crippen LogP) is 13.4. The van der Waals surface area contributed by atoms with E-state index in [0.29, 0.717) is 0 Å². The van der Waals surface area contributed by atoms with Gasteiger partial charge in [0.15, 0.2) is 44.1 Å². The van der Waals surface area contributed by atoms with Crippen molar-refractivity contribution in [1.29, 1.82) is 0 Å². The molecule has 4 aliphatic heterocycles. The van der Waals surface area contributed by atoms with Crippen molar-refractivity contribution in [3.63, 3.8) is 0 Å². The Hall–Kier alpha value is -9.92. The van der Waals surface area contributed by atoms with Gasteiger partial charge >= 0.3 is 0 Å². The molecule has 384 valence electrons. The minimum atomic E-state index is 0.901. The summed E-state index contributed by atoms with van der Waals surface area (Å²) in [5.74, 6) is 5.28. The number of fused-ring (bicyclic) bond motifs is 20. The van der Waals surface area contributed by atoms with Crippen LogP contribution in [0.1, 0.15) is 34.7 Å². The van der Waals surface area contributed by atoms with Gasteiger partial charge in [0.1, 0.15) is 38.4 Å². The first-order valence-electron chi connectivity index (χ1n) is 28.1. The maximum atomic E-state index is 2.45. The lowest BCUT2D eigenvalue weighted by molar-refractivity contribution is -0.646. The van der Waals surface area contributed by atoms with E-state index in [2.05, 4.69) is 305 Å². The summed E-state index contributed by atoms with van der Waals surface area (Å²) < 4.78 is 19.2. The van der Waals surface area contributed by atoms with E-state index in [0.717, 1.165) is 39.3 Å². The molecule has 0 spiro atoms. The maximum Gasteiger partial charge on any atom is 0.295 e. The highest BCUT2D eigenvalue weighted by Gasteiger charge is 2.37. The molecule has 0 saturated carbocycles. The van der Waals surface area contributed by atoms with Gasteiger partial charge in [-0.1, -0.05) is 170 Å². The zero-order chi connectivity index (χ0) is 53.3. The molecule has 10 aromatic carbocycles. The SMILES string of the molecule is CCn1c2[n+](c3ccccc31)Cc1ccccc1-2.C[n+]1c2n(c3ccccc31)Cc1ccccc1-2.c1ccc(-n2c3[n+](c4ccccc42)Cc2ccccc2-3)cc1.c1ccc(Cn2c3[n+](c4ccccc42)Cc2ccccc2-3)cc1. The van der Waals surface area contributed by atoms with Crippen LogP contribution in [0.2, 0.25) is 0 Å². The molecule has 0 N–H and O–H groups in total. The number of nitrogens with zero attached hydrogens (tertiary/aromatic N) is 8. The number of imidazole rings is 4. The van der Waals surface area contributed by atoms with Gasteiger partial charge in [0.2, 0.25) is 0 Å². The second-order valence-electron chi connectivity index (χ2n) is 21.3. The molecule has 0 amide bonds. The zero-order valence-electron chi connectivity index (χ0n) is 45.1. The summed E-state index contributed by atoms with van der Waals surface area (Å²) in [6.45, 7) is 8.04. The Labute approximate surface area is 465 Å². The third-order valence-electron chi connectivity index (χ3n) is 16.8. The summed E-state index contributed by atoms with van der Waals surface area (Å²) >= 11 is 0. The number of aromatic nitrogens is 8. The first kappa shape index (κ1) is 47.3. The van der Waals surface area contributed by atoms with Crippen molar-refractivity contribution in [1.82, 2.24) is 18.3 Å². The Morgan fingerprint density at radius 1 is 0.338 bits per heavy atom. The third-order valence-corrected chi connectivity index (χ3v) is 16.8. The average molecular weight is 1040 g/mol. The smallest absolute Gasteiger partial charge is 0.226 e. The molecule has 0 bridgehead atoms. The van der Waals surface area contributed by atoms with Crippen molar-refractivity contribution >= 4 is 44.1 Å². The highest BCUT2D eigenvalue weighted by molar-refractivity contribution is 5.82. The van der Waals surface area contributed by atoms with E-state index in [9.17, 15) is 0 Å². The molecule has 8 nitrogen and oxygen atoms in total. The quantitative estimate of drug-likeness (QED) is 0.158. The van der Waals surface area contributed by atoms with Gasteiger partial charge in [-0.15, -0.1) is 0 Å². The van der Waals surface area contributed by atoms with Gasteiger partial charge < -0.3 is 0 Å². The fourth-order valence-electron chi connectivity index (χ4n) is 13.3. The van der Waals surface area contributed by atoms with E-state index < -0.39 is 0 Å². The molecule has 8 heteroatoms. The number of hydrogen-bond acceptors (Lipinski definition) is 0. The Balaban J connectivity index is 0.0000000927. The number of hydrogen-bond donors (Lipinski definition) is 0. The Bertz CT molecular complexity index is 4690. The van der Waals surface area contributed by atoms with E-state index >= 15 is 0 Å². The number of aryl methyl sites for hydroxylation is 2. The molecule has 8 heterocycles. The molecule has 14 aromatic rings. The van der Waals surface area contributed by atoms with Crippen LogP contribution in [0.25, 0.3) is 95.4 Å². The predicted molar refractivity (Wildman–Crippen MR) is 320 cm³/mol. The molecule has 0 aliphatic carbocycles. The van der Waals surface area contributed by atoms with E-state index in [4.69, 9.17) is 0 Å². The van der Waals surface area contributed by atoms with Crippen molar-refractivity contribution < 1.29 is 18.3 Å². The van der Waals surface area contributed by atoms with Crippen LogP contribution >= 0.6 is 0 Å². The lowest BCUT2D eigenvalue weighted by Crippen LogP contribution is -2.31. The van der Waals surface area contributed by atoms with Crippen LogP contribution in [0, 0.1) is 0 Å². The van der Waals surface area contributed by atoms with E-state index in [1.165, 1.54) is 123 Å². The maximum absolute atomic E-state index is 2.45. The van der Waals surface area contributed by atoms with Gasteiger partial charge in [0.25, 0.3) is 23.3 Å². The van der Waals surface area contributed by atoms with Crippen molar-refractivity contribution in [3.05, 3.63) is 283 Å². The molecule has 4 aromatic heterocycles. The summed E-state index contributed by atoms with van der Waals surface area (Å²) in [7, 11) is 2.15. The minimum Gasteiger partial charge on any atom is -0.226 e. The summed E-state index contributed by atoms with van der Waals surface area (Å²) in [6.07, 6.45) is 0. The molecular weight excluding hydrogens is 977 g/mol. The summed E-state index contributed by atoms with van der Waals surface area (Å²) in [5.41, 5.74) is 24.1. The topological polar surface area (TPSA) is 35.2 Å². The van der Waals surface area contributed by atoms with Gasteiger partial charge in [0.05, 0.1) is 35.8 Å². The van der Waals surface area contributed by atoms with Crippen molar-refractivity contribution in [3.8, 4) is 51.2 Å². The molecule has 4 aliphatic rings. The Kier molecular flexibility index (Phi) is 11.5. The summed E-state index contributed by atoms with van der Waals surface area (Å²) in [5, 5.41) is 0. The van der Waals surface area contributed by atoms with Crippen LogP contribution < -0.4 is 18.3 Å². The Morgan fingerprint density at radius 2 is 0.725 bits per heavy atom. The summed E-state index contributed by atoms with van der Waals surface area (Å²) in [6, 6.07) is 90.8. The molecule has 0 unspecified atom stereocenters. The fraction of sp³-hybridized carbons (Fsp3) is 0.111. The molecule has 80 heavy (non-hydrogen) atoms. The lowest BCUT2D eigenvalue weighted by Gasteiger charge is -2.02. The van der Waals surface area contributed by atoms with E-state index in [1.807, 2.05) is 0 Å². The van der Waals surface area contributed by atoms with Crippen LogP contribution in [-0.2, 0) is 46.3 Å². The van der Waals surface area contributed by atoms with Crippen LogP contribution in [-0.4, -0.2) is 18.3 Å². The molecule has 0 saturated heterocycles. The number of rotatable bonds is 4. The lowest BCUT2D eigenvalue weighted by atomic mass is 10.1. The molecule has 0 fully saturated rings. The summed E-state index contributed by atoms with van der Waals surface area (Å²) in [4.78, 5) is 0.